The molecule has 10 atom stereocenters. The standard InChI is InChI=1S/C54H58O11/c55-47-50(61-35-43-27-15-5-16-28-43)48(59-33-41-23-11-3-12-24-41)46(38-58-32-40-21-9-2-10-22-40)64-54(47)65-52-51(62-36-44-29-17-6-18-30-44)49(60-34-42-25-13-4-14-26-42)45(63-53(52)56)37-57-31-39-19-7-1-8-20-39/h1-30,45-56H,31-38H2/t45-,46-,47-,48-,49-,50-,51+,52-,53-,54-/m1/s1. The van der Waals surface area contributed by atoms with E-state index in [0.717, 1.165) is 33.4 Å². The normalized spacial score (nSPS) is 25.6. The van der Waals surface area contributed by atoms with E-state index in [4.69, 9.17) is 42.6 Å². The fourth-order valence-electron chi connectivity index (χ4n) is 8.05. The first-order valence-corrected chi connectivity index (χ1v) is 22.3. The lowest BCUT2D eigenvalue weighted by Crippen LogP contribution is -2.65. The molecule has 2 fully saturated rings. The van der Waals surface area contributed by atoms with Gasteiger partial charge < -0.3 is 52.8 Å². The summed E-state index contributed by atoms with van der Waals surface area (Å²) in [7, 11) is 0. The molecule has 0 spiro atoms. The fourth-order valence-corrected chi connectivity index (χ4v) is 8.05. The third-order valence-electron chi connectivity index (χ3n) is 11.4. The lowest BCUT2D eigenvalue weighted by atomic mass is 9.96. The van der Waals surface area contributed by atoms with Crippen LogP contribution in [0, 0.1) is 0 Å². The van der Waals surface area contributed by atoms with Gasteiger partial charge in [0.1, 0.15) is 48.8 Å². The lowest BCUT2D eigenvalue weighted by Gasteiger charge is -2.48. The van der Waals surface area contributed by atoms with Crippen molar-refractivity contribution < 1.29 is 52.8 Å². The van der Waals surface area contributed by atoms with Crippen molar-refractivity contribution in [3.63, 3.8) is 0 Å². The summed E-state index contributed by atoms with van der Waals surface area (Å²) in [5, 5.41) is 24.4. The van der Waals surface area contributed by atoms with E-state index >= 15 is 0 Å². The number of ether oxygens (including phenoxy) is 9. The summed E-state index contributed by atoms with van der Waals surface area (Å²) in [6.45, 7) is 1.60. The number of aliphatic hydroxyl groups is 2. The molecule has 2 saturated heterocycles. The average molecular weight is 883 g/mol. The molecule has 0 aromatic heterocycles. The van der Waals surface area contributed by atoms with Crippen molar-refractivity contribution in [3.05, 3.63) is 215 Å². The Labute approximate surface area is 381 Å². The van der Waals surface area contributed by atoms with E-state index in [1.807, 2.05) is 182 Å². The molecule has 0 saturated carbocycles. The monoisotopic (exact) mass is 882 g/mol. The van der Waals surface area contributed by atoms with Gasteiger partial charge in [0.05, 0.1) is 52.9 Å². The zero-order chi connectivity index (χ0) is 44.5. The molecule has 2 aliphatic rings. The van der Waals surface area contributed by atoms with E-state index in [0.29, 0.717) is 13.2 Å². The first-order chi connectivity index (χ1) is 32.1. The maximum Gasteiger partial charge on any atom is 0.187 e. The largest absolute Gasteiger partial charge is 0.385 e. The van der Waals surface area contributed by atoms with Crippen LogP contribution in [-0.4, -0.2) is 84.8 Å². The highest BCUT2D eigenvalue weighted by Gasteiger charge is 2.53. The topological polar surface area (TPSA) is 124 Å². The Balaban J connectivity index is 1.09. The first kappa shape index (κ1) is 46.4. The summed E-state index contributed by atoms with van der Waals surface area (Å²) in [6.07, 6.45) is -10.6. The minimum Gasteiger partial charge on any atom is -0.385 e. The highest BCUT2D eigenvalue weighted by atomic mass is 16.7. The molecule has 0 aliphatic carbocycles. The van der Waals surface area contributed by atoms with E-state index < -0.39 is 61.4 Å². The number of hydrogen-bond donors (Lipinski definition) is 2. The third-order valence-corrected chi connectivity index (χ3v) is 11.4. The summed E-state index contributed by atoms with van der Waals surface area (Å²) in [5.74, 6) is 0. The van der Waals surface area contributed by atoms with Gasteiger partial charge in [-0.05, 0) is 33.4 Å². The van der Waals surface area contributed by atoms with Gasteiger partial charge >= 0.3 is 0 Å². The maximum atomic E-state index is 12.4. The maximum absolute atomic E-state index is 12.4. The number of hydrogen-bond acceptors (Lipinski definition) is 11. The molecular weight excluding hydrogens is 825 g/mol. The SMILES string of the molecule is O[C@H]1[C@@H](O[C@@H]2[C@@H](OCc3ccccc3)[C@H](OCc3ccccc3)[C@@H](COCc3ccccc3)O[C@H]2O)O[C@H](COCc2ccccc2)[C@@H](OCc2ccccc2)[C@@H]1OCc1ccccc1. The van der Waals surface area contributed by atoms with Gasteiger partial charge in [-0.25, -0.2) is 0 Å². The van der Waals surface area contributed by atoms with Crippen molar-refractivity contribution in [1.82, 2.24) is 0 Å². The Morgan fingerprint density at radius 2 is 0.646 bits per heavy atom. The predicted molar refractivity (Wildman–Crippen MR) is 243 cm³/mol. The lowest BCUT2D eigenvalue weighted by molar-refractivity contribution is -0.375. The Morgan fingerprint density at radius 1 is 0.338 bits per heavy atom. The van der Waals surface area contributed by atoms with Crippen molar-refractivity contribution in [3.8, 4) is 0 Å². The molecular formula is C54H58O11. The summed E-state index contributed by atoms with van der Waals surface area (Å²) in [6, 6.07) is 58.7. The van der Waals surface area contributed by atoms with Crippen molar-refractivity contribution in [2.24, 2.45) is 0 Å². The molecule has 6 aromatic carbocycles. The van der Waals surface area contributed by atoms with Crippen LogP contribution >= 0.6 is 0 Å². The quantitative estimate of drug-likeness (QED) is 0.0691. The molecule has 11 heteroatoms. The molecule has 6 aromatic rings. The molecule has 2 heterocycles. The van der Waals surface area contributed by atoms with Crippen molar-refractivity contribution in [2.45, 2.75) is 101 Å². The zero-order valence-electron chi connectivity index (χ0n) is 36.3. The molecule has 0 bridgehead atoms. The van der Waals surface area contributed by atoms with Crippen LogP contribution in [0.3, 0.4) is 0 Å². The van der Waals surface area contributed by atoms with Crippen LogP contribution < -0.4 is 0 Å². The molecule has 0 amide bonds. The zero-order valence-corrected chi connectivity index (χ0v) is 36.3. The van der Waals surface area contributed by atoms with Gasteiger partial charge in [0.25, 0.3) is 0 Å². The number of aliphatic hydroxyl groups excluding tert-OH is 2. The van der Waals surface area contributed by atoms with Gasteiger partial charge in [-0.1, -0.05) is 182 Å². The average Bonchev–Trinajstić information content (AvgIpc) is 3.35. The summed E-state index contributed by atoms with van der Waals surface area (Å²) in [4.78, 5) is 0. The van der Waals surface area contributed by atoms with E-state index in [2.05, 4.69) is 0 Å². The number of rotatable bonds is 22. The van der Waals surface area contributed by atoms with Crippen molar-refractivity contribution in [2.75, 3.05) is 13.2 Å². The molecule has 8 rings (SSSR count). The minimum absolute atomic E-state index is 0.0768. The molecule has 65 heavy (non-hydrogen) atoms. The van der Waals surface area contributed by atoms with E-state index in [1.165, 1.54) is 0 Å². The smallest absolute Gasteiger partial charge is 0.187 e. The summed E-state index contributed by atoms with van der Waals surface area (Å²) < 4.78 is 59.0. The van der Waals surface area contributed by atoms with Gasteiger partial charge in [-0.3, -0.25) is 0 Å². The van der Waals surface area contributed by atoms with Crippen LogP contribution in [0.25, 0.3) is 0 Å². The Kier molecular flexibility index (Phi) is 17.4. The van der Waals surface area contributed by atoms with E-state index in [9.17, 15) is 10.2 Å². The van der Waals surface area contributed by atoms with Gasteiger partial charge in [-0.2, -0.15) is 0 Å². The second kappa shape index (κ2) is 24.4. The first-order valence-electron chi connectivity index (χ1n) is 22.3. The third kappa shape index (κ3) is 13.5. The van der Waals surface area contributed by atoms with Crippen LogP contribution in [0.1, 0.15) is 33.4 Å². The van der Waals surface area contributed by atoms with Crippen LogP contribution in [0.5, 0.6) is 0 Å². The number of benzene rings is 6. The molecule has 0 unspecified atom stereocenters. The Morgan fingerprint density at radius 3 is 1.03 bits per heavy atom. The van der Waals surface area contributed by atoms with Gasteiger partial charge in [0.15, 0.2) is 12.6 Å². The Bertz CT molecular complexity index is 2210. The van der Waals surface area contributed by atoms with Gasteiger partial charge in [-0.15, -0.1) is 0 Å². The molecule has 2 aliphatic heterocycles. The minimum atomic E-state index is -1.54. The second-order valence-electron chi connectivity index (χ2n) is 16.2. The van der Waals surface area contributed by atoms with Crippen LogP contribution in [-0.2, 0) is 82.3 Å². The van der Waals surface area contributed by atoms with E-state index in [-0.39, 0.29) is 39.6 Å². The predicted octanol–water partition coefficient (Wildman–Crippen LogP) is 7.95. The molecule has 340 valence electrons. The second-order valence-corrected chi connectivity index (χ2v) is 16.2. The van der Waals surface area contributed by atoms with Gasteiger partial charge in [0.2, 0.25) is 0 Å². The molecule has 11 nitrogen and oxygen atoms in total. The van der Waals surface area contributed by atoms with Gasteiger partial charge in [0, 0.05) is 0 Å². The van der Waals surface area contributed by atoms with Crippen molar-refractivity contribution in [1.29, 1.82) is 0 Å². The summed E-state index contributed by atoms with van der Waals surface area (Å²) in [5.41, 5.74) is 5.67. The fraction of sp³-hybridized carbons (Fsp3) is 0.333. The Hall–Kier alpha value is -5.12. The molecule has 2 N–H and O–H groups in total. The van der Waals surface area contributed by atoms with Crippen molar-refractivity contribution >= 4 is 0 Å². The van der Waals surface area contributed by atoms with E-state index in [1.54, 1.807) is 0 Å². The van der Waals surface area contributed by atoms with Crippen LogP contribution in [0.4, 0.5) is 0 Å². The van der Waals surface area contributed by atoms with Crippen LogP contribution in [0.15, 0.2) is 182 Å². The molecule has 0 radical (unpaired) electrons. The highest BCUT2D eigenvalue weighted by Crippen LogP contribution is 2.35. The van der Waals surface area contributed by atoms with Crippen LogP contribution in [0.2, 0.25) is 0 Å². The summed E-state index contributed by atoms with van der Waals surface area (Å²) >= 11 is 0. The highest BCUT2D eigenvalue weighted by molar-refractivity contribution is 5.18.